The minimum atomic E-state index is -0.640. The molecule has 2 aliphatic rings. The highest BCUT2D eigenvalue weighted by Gasteiger charge is 2.32. The molecule has 3 heterocycles. The SMILES string of the molecule is N#C[C@H](C[C@@H]1CCNCOC1)NC(=O)[C@@H](CC1CC1)n1ccc2[nH]cnc2c1=O. The standard InChI is InChI=1S/C20H26N6O3/c21-9-15(7-14-3-5-22-12-29-10-14)25-19(27)17(8-13-1-2-13)26-6-4-16-18(20(26)28)24-11-23-16/h4,6,11,13-15,17,22H,1-3,5,7-8,10,12H2,(H,23,24)(H,25,27)/t14-,15-,17+/m0/s1. The zero-order chi connectivity index (χ0) is 20.2. The minimum absolute atomic E-state index is 0.208. The van der Waals surface area contributed by atoms with E-state index in [0.29, 0.717) is 43.1 Å². The van der Waals surface area contributed by atoms with Crippen LogP contribution in [0.3, 0.4) is 0 Å². The summed E-state index contributed by atoms with van der Waals surface area (Å²) in [4.78, 5) is 33.0. The van der Waals surface area contributed by atoms with Gasteiger partial charge in [0.05, 0.1) is 31.3 Å². The van der Waals surface area contributed by atoms with Crippen LogP contribution in [-0.2, 0) is 9.53 Å². The van der Waals surface area contributed by atoms with Crippen LogP contribution < -0.4 is 16.2 Å². The number of nitrogens with zero attached hydrogens (tertiary/aromatic N) is 3. The molecular weight excluding hydrogens is 372 g/mol. The summed E-state index contributed by atoms with van der Waals surface area (Å²) in [6.07, 6.45) is 7.27. The summed E-state index contributed by atoms with van der Waals surface area (Å²) >= 11 is 0. The second-order valence-electron chi connectivity index (χ2n) is 7.98. The average molecular weight is 398 g/mol. The third kappa shape index (κ3) is 4.66. The molecule has 2 fully saturated rings. The molecule has 0 aromatic carbocycles. The molecule has 154 valence electrons. The quantitative estimate of drug-likeness (QED) is 0.640. The molecule has 0 unspecified atom stereocenters. The summed E-state index contributed by atoms with van der Waals surface area (Å²) in [6.45, 7) is 1.92. The number of rotatable bonds is 7. The Bertz CT molecular complexity index is 949. The van der Waals surface area contributed by atoms with E-state index in [9.17, 15) is 14.9 Å². The van der Waals surface area contributed by atoms with Gasteiger partial charge in [-0.25, -0.2) is 4.98 Å². The lowest BCUT2D eigenvalue weighted by Gasteiger charge is -2.23. The van der Waals surface area contributed by atoms with Gasteiger partial charge >= 0.3 is 0 Å². The van der Waals surface area contributed by atoms with Crippen LogP contribution in [-0.4, -0.2) is 46.4 Å². The Kier molecular flexibility index (Phi) is 5.92. The Morgan fingerprint density at radius 1 is 1.38 bits per heavy atom. The van der Waals surface area contributed by atoms with Crippen molar-refractivity contribution in [1.82, 2.24) is 25.2 Å². The van der Waals surface area contributed by atoms with Crippen molar-refractivity contribution >= 4 is 16.9 Å². The maximum atomic E-state index is 13.1. The molecule has 29 heavy (non-hydrogen) atoms. The van der Waals surface area contributed by atoms with Gasteiger partial charge in [0.1, 0.15) is 12.1 Å². The number of fused-ring (bicyclic) bond motifs is 1. The Morgan fingerprint density at radius 3 is 3.03 bits per heavy atom. The van der Waals surface area contributed by atoms with Gasteiger partial charge in [-0.1, -0.05) is 12.8 Å². The second kappa shape index (κ2) is 8.76. The number of hydrogen-bond donors (Lipinski definition) is 3. The molecule has 3 N–H and O–H groups in total. The number of pyridine rings is 1. The normalized spacial score (nSPS) is 21.8. The number of carbonyl (C=O) groups excluding carboxylic acids is 1. The van der Waals surface area contributed by atoms with Gasteiger partial charge in [0.15, 0.2) is 5.52 Å². The van der Waals surface area contributed by atoms with Gasteiger partial charge in [-0.2, -0.15) is 5.26 Å². The van der Waals surface area contributed by atoms with Crippen molar-refractivity contribution < 1.29 is 9.53 Å². The minimum Gasteiger partial charge on any atom is -0.366 e. The van der Waals surface area contributed by atoms with Crippen molar-refractivity contribution in [3.63, 3.8) is 0 Å². The first-order valence-corrected chi connectivity index (χ1v) is 10.2. The first kappa shape index (κ1) is 19.6. The summed E-state index contributed by atoms with van der Waals surface area (Å²) in [5.74, 6) is 0.363. The van der Waals surface area contributed by atoms with Gasteiger partial charge in [-0.15, -0.1) is 0 Å². The number of ether oxygens (including phenoxy) is 1. The van der Waals surface area contributed by atoms with E-state index in [2.05, 4.69) is 26.7 Å². The number of nitriles is 1. The van der Waals surface area contributed by atoms with E-state index in [4.69, 9.17) is 4.74 Å². The molecule has 1 amide bonds. The van der Waals surface area contributed by atoms with Crippen molar-refractivity contribution in [2.75, 3.05) is 19.9 Å². The Balaban J connectivity index is 1.51. The number of hydrogen-bond acceptors (Lipinski definition) is 6. The summed E-state index contributed by atoms with van der Waals surface area (Å²) < 4.78 is 6.96. The first-order chi connectivity index (χ1) is 14.2. The van der Waals surface area contributed by atoms with Crippen LogP contribution in [0.2, 0.25) is 0 Å². The van der Waals surface area contributed by atoms with Crippen molar-refractivity contribution in [3.8, 4) is 6.07 Å². The van der Waals surface area contributed by atoms with Crippen molar-refractivity contribution in [2.24, 2.45) is 11.8 Å². The average Bonchev–Trinajstić information content (AvgIpc) is 3.47. The van der Waals surface area contributed by atoms with Gasteiger partial charge in [0, 0.05) is 6.20 Å². The number of aromatic nitrogens is 3. The molecule has 0 spiro atoms. The Hall–Kier alpha value is -2.70. The monoisotopic (exact) mass is 398 g/mol. The van der Waals surface area contributed by atoms with Gasteiger partial charge < -0.3 is 19.6 Å². The summed E-state index contributed by atoms with van der Waals surface area (Å²) in [6, 6.07) is 2.71. The fourth-order valence-electron chi connectivity index (χ4n) is 3.90. The van der Waals surface area contributed by atoms with E-state index < -0.39 is 12.1 Å². The molecule has 0 bridgehead atoms. The van der Waals surface area contributed by atoms with Gasteiger partial charge in [0.2, 0.25) is 5.91 Å². The molecule has 4 rings (SSSR count). The Labute approximate surface area is 168 Å². The Morgan fingerprint density at radius 2 is 2.24 bits per heavy atom. The summed E-state index contributed by atoms with van der Waals surface area (Å²) in [7, 11) is 0. The smallest absolute Gasteiger partial charge is 0.279 e. The van der Waals surface area contributed by atoms with Crippen LogP contribution in [0.5, 0.6) is 0 Å². The summed E-state index contributed by atoms with van der Waals surface area (Å²) in [5, 5.41) is 15.6. The molecule has 9 nitrogen and oxygen atoms in total. The lowest BCUT2D eigenvalue weighted by molar-refractivity contribution is -0.125. The number of carbonyl (C=O) groups is 1. The topological polar surface area (TPSA) is 125 Å². The second-order valence-corrected chi connectivity index (χ2v) is 7.98. The van der Waals surface area contributed by atoms with E-state index in [0.717, 1.165) is 25.8 Å². The number of nitrogens with one attached hydrogen (secondary N) is 3. The number of aromatic amines is 1. The van der Waals surface area contributed by atoms with E-state index in [1.165, 1.54) is 10.9 Å². The zero-order valence-electron chi connectivity index (χ0n) is 16.3. The predicted octanol–water partition coefficient (Wildman–Crippen LogP) is 1.05. The van der Waals surface area contributed by atoms with Gasteiger partial charge in [-0.3, -0.25) is 14.9 Å². The molecule has 9 heteroatoms. The molecule has 2 aromatic heterocycles. The van der Waals surface area contributed by atoms with Gasteiger partial charge in [-0.05, 0) is 43.7 Å². The summed E-state index contributed by atoms with van der Waals surface area (Å²) in [5.41, 5.74) is 0.677. The fourth-order valence-corrected chi connectivity index (χ4v) is 3.90. The largest absolute Gasteiger partial charge is 0.366 e. The van der Waals surface area contributed by atoms with Gasteiger partial charge in [0.25, 0.3) is 5.56 Å². The lowest BCUT2D eigenvalue weighted by atomic mass is 9.97. The molecule has 3 atom stereocenters. The van der Waals surface area contributed by atoms with Crippen molar-refractivity contribution in [3.05, 3.63) is 28.9 Å². The van der Waals surface area contributed by atoms with Crippen LogP contribution >= 0.6 is 0 Å². The highest BCUT2D eigenvalue weighted by Crippen LogP contribution is 2.36. The lowest BCUT2D eigenvalue weighted by Crippen LogP contribution is -2.42. The first-order valence-electron chi connectivity index (χ1n) is 10.2. The molecule has 1 saturated heterocycles. The molecule has 1 aliphatic carbocycles. The van der Waals surface area contributed by atoms with E-state index >= 15 is 0 Å². The van der Waals surface area contributed by atoms with Crippen molar-refractivity contribution in [1.29, 1.82) is 5.26 Å². The fraction of sp³-hybridized carbons (Fsp3) is 0.600. The third-order valence-corrected chi connectivity index (χ3v) is 5.73. The van der Waals surface area contributed by atoms with E-state index in [-0.39, 0.29) is 17.4 Å². The molecule has 1 aliphatic heterocycles. The van der Waals surface area contributed by atoms with E-state index in [1.807, 2.05) is 0 Å². The molecule has 2 aromatic rings. The molecule has 1 saturated carbocycles. The van der Waals surface area contributed by atoms with Crippen LogP contribution in [0.4, 0.5) is 0 Å². The van der Waals surface area contributed by atoms with E-state index in [1.54, 1.807) is 12.3 Å². The van der Waals surface area contributed by atoms with Crippen LogP contribution in [0, 0.1) is 23.2 Å². The number of H-pyrrole nitrogens is 1. The maximum Gasteiger partial charge on any atom is 0.279 e. The molecule has 0 radical (unpaired) electrons. The number of amides is 1. The molecular formula is C20H26N6O3. The highest BCUT2D eigenvalue weighted by molar-refractivity contribution is 5.81. The zero-order valence-corrected chi connectivity index (χ0v) is 16.3. The third-order valence-electron chi connectivity index (χ3n) is 5.73. The highest BCUT2D eigenvalue weighted by atomic mass is 16.5. The van der Waals surface area contributed by atoms with Crippen LogP contribution in [0.15, 0.2) is 23.4 Å². The van der Waals surface area contributed by atoms with Crippen LogP contribution in [0.25, 0.3) is 11.0 Å². The van der Waals surface area contributed by atoms with Crippen LogP contribution in [0.1, 0.15) is 38.1 Å². The van der Waals surface area contributed by atoms with Crippen molar-refractivity contribution in [2.45, 2.75) is 44.2 Å². The predicted molar refractivity (Wildman–Crippen MR) is 106 cm³/mol. The number of imidazole rings is 1. The maximum absolute atomic E-state index is 13.1.